The normalized spacial score (nSPS) is 22.6. The Morgan fingerprint density at radius 3 is 1.96 bits per heavy atom. The third-order valence-corrected chi connectivity index (χ3v) is 3.71. The maximum Gasteiger partial charge on any atom is 0.220 e. The van der Waals surface area contributed by atoms with Crippen LogP contribution in [0.4, 0.5) is 0 Å². The number of hydrogen-bond acceptors (Lipinski definition) is 6. The zero-order valence-electron chi connectivity index (χ0n) is 15.1. The number of rotatable bonds is 6. The van der Waals surface area contributed by atoms with Crippen molar-refractivity contribution < 1.29 is 28.9 Å². The Balaban J connectivity index is 0.000000391. The second-order valence-electron chi connectivity index (χ2n) is 5.67. The highest BCUT2D eigenvalue weighted by Crippen LogP contribution is 2.08. The van der Waals surface area contributed by atoms with Gasteiger partial charge in [0.2, 0.25) is 11.8 Å². The van der Waals surface area contributed by atoms with Gasteiger partial charge in [-0.1, -0.05) is 11.6 Å². The molecule has 0 aromatic rings. The minimum absolute atomic E-state index is 0.0197. The molecule has 2 atom stereocenters. The van der Waals surface area contributed by atoms with Crippen LogP contribution >= 0.6 is 11.6 Å². The number of hydrogen-bond donors (Lipinski definition) is 3. The Kier molecular flexibility index (Phi) is 15.9. The van der Waals surface area contributed by atoms with E-state index in [4.69, 9.17) is 26.2 Å². The molecule has 2 rings (SSSR count). The summed E-state index contributed by atoms with van der Waals surface area (Å²) in [5.41, 5.74) is 0. The lowest BCUT2D eigenvalue weighted by atomic mass is 10.1. The number of alkyl halides is 1. The molecule has 2 aliphatic heterocycles. The van der Waals surface area contributed by atoms with Crippen LogP contribution in [0.1, 0.15) is 38.5 Å². The largest absolute Gasteiger partial charge is 0.394 e. The van der Waals surface area contributed by atoms with Gasteiger partial charge in [0.15, 0.2) is 0 Å². The molecule has 0 aromatic carbocycles. The summed E-state index contributed by atoms with van der Waals surface area (Å²) in [6, 6.07) is 0.493. The molecule has 0 radical (unpaired) electrons. The molecule has 25 heavy (non-hydrogen) atoms. The minimum atomic E-state index is 0.0197. The van der Waals surface area contributed by atoms with Gasteiger partial charge in [-0.2, -0.15) is 0 Å². The van der Waals surface area contributed by atoms with Crippen LogP contribution in [0.25, 0.3) is 0 Å². The van der Waals surface area contributed by atoms with Gasteiger partial charge in [-0.3, -0.25) is 9.59 Å². The zero-order chi connectivity index (χ0) is 18.9. The first-order valence-electron chi connectivity index (χ1n) is 8.38. The first kappa shape index (κ1) is 24.1. The first-order valence-corrected chi connectivity index (χ1v) is 8.91. The number of aliphatic hydroxyl groups is 1. The van der Waals surface area contributed by atoms with Gasteiger partial charge < -0.3 is 30.0 Å². The summed E-state index contributed by atoms with van der Waals surface area (Å²) in [7, 11) is 3.13. The number of amides is 2. The molecule has 0 saturated carbocycles. The molecular weight excluding hydrogens is 352 g/mol. The monoisotopic (exact) mass is 382 g/mol. The fourth-order valence-electron chi connectivity index (χ4n) is 2.30. The van der Waals surface area contributed by atoms with E-state index >= 15 is 0 Å². The maximum atomic E-state index is 10.9. The van der Waals surface area contributed by atoms with Crippen LogP contribution in [0.2, 0.25) is 0 Å². The fraction of sp³-hybridized carbons (Fsp3) is 0.875. The van der Waals surface area contributed by atoms with Crippen LogP contribution < -0.4 is 10.6 Å². The Hall–Kier alpha value is -0.930. The lowest BCUT2D eigenvalue weighted by Gasteiger charge is -2.22. The van der Waals surface area contributed by atoms with Crippen LogP contribution in [0, 0.1) is 0 Å². The number of ether oxygens (including phenoxy) is 3. The fourth-order valence-corrected chi connectivity index (χ4v) is 2.30. The molecule has 148 valence electrons. The van der Waals surface area contributed by atoms with Gasteiger partial charge in [-0.15, -0.1) is 0 Å². The lowest BCUT2D eigenvalue weighted by molar-refractivity contribution is -0.125. The summed E-state index contributed by atoms with van der Waals surface area (Å²) in [4.78, 5) is 21.5. The maximum absolute atomic E-state index is 10.9. The van der Waals surface area contributed by atoms with E-state index in [0.717, 1.165) is 25.7 Å². The van der Waals surface area contributed by atoms with Crippen LogP contribution in [0.15, 0.2) is 0 Å². The van der Waals surface area contributed by atoms with Crippen molar-refractivity contribution in [2.45, 2.75) is 50.6 Å². The van der Waals surface area contributed by atoms with Crippen LogP contribution in [0.5, 0.6) is 0 Å². The molecule has 0 aromatic heterocycles. The average molecular weight is 383 g/mol. The summed E-state index contributed by atoms with van der Waals surface area (Å²) >= 11 is 4.96. The molecule has 9 heteroatoms. The molecule has 2 heterocycles. The van der Waals surface area contributed by atoms with E-state index < -0.39 is 0 Å². The smallest absolute Gasteiger partial charge is 0.220 e. The van der Waals surface area contributed by atoms with E-state index in [0.29, 0.717) is 32.3 Å². The molecule has 0 aliphatic carbocycles. The molecule has 0 bridgehead atoms. The van der Waals surface area contributed by atoms with Gasteiger partial charge >= 0.3 is 0 Å². The SMILES string of the molecule is COCCl.COCOCC1CCCC(=O)N1.O=C1CCCC(CO)N1. The Bertz CT molecular complexity index is 358. The second-order valence-corrected chi connectivity index (χ2v) is 5.89. The van der Waals surface area contributed by atoms with Gasteiger partial charge in [0.1, 0.15) is 12.9 Å². The van der Waals surface area contributed by atoms with Crippen molar-refractivity contribution in [2.24, 2.45) is 0 Å². The van der Waals surface area contributed by atoms with E-state index in [1.54, 1.807) is 14.2 Å². The van der Waals surface area contributed by atoms with Crippen LogP contribution in [-0.4, -0.2) is 69.3 Å². The van der Waals surface area contributed by atoms with Crippen molar-refractivity contribution in [2.75, 3.05) is 40.3 Å². The van der Waals surface area contributed by atoms with Crippen LogP contribution in [-0.2, 0) is 23.8 Å². The third kappa shape index (κ3) is 14.0. The first-order chi connectivity index (χ1) is 12.1. The highest BCUT2D eigenvalue weighted by molar-refractivity contribution is 6.17. The molecule has 3 N–H and O–H groups in total. The van der Waals surface area contributed by atoms with E-state index in [2.05, 4.69) is 15.4 Å². The second kappa shape index (κ2) is 16.5. The quantitative estimate of drug-likeness (QED) is 0.355. The molecule has 2 amide bonds. The summed E-state index contributed by atoms with van der Waals surface area (Å²) in [6.07, 6.45) is 5.08. The Morgan fingerprint density at radius 1 is 1.04 bits per heavy atom. The van der Waals surface area contributed by atoms with Crippen molar-refractivity contribution in [1.29, 1.82) is 0 Å². The van der Waals surface area contributed by atoms with Crippen molar-refractivity contribution in [3.05, 3.63) is 0 Å². The number of nitrogens with one attached hydrogen (secondary N) is 2. The van der Waals surface area contributed by atoms with Crippen molar-refractivity contribution in [3.63, 3.8) is 0 Å². The molecule has 2 unspecified atom stereocenters. The third-order valence-electron chi connectivity index (χ3n) is 3.49. The highest BCUT2D eigenvalue weighted by Gasteiger charge is 2.17. The van der Waals surface area contributed by atoms with Crippen molar-refractivity contribution in [1.82, 2.24) is 10.6 Å². The van der Waals surface area contributed by atoms with Gasteiger partial charge in [0, 0.05) is 27.1 Å². The van der Waals surface area contributed by atoms with Crippen molar-refractivity contribution in [3.8, 4) is 0 Å². The summed E-state index contributed by atoms with van der Waals surface area (Å²) in [5.74, 6) is 0.201. The summed E-state index contributed by atoms with van der Waals surface area (Å²) < 4.78 is 14.2. The lowest BCUT2D eigenvalue weighted by Crippen LogP contribution is -2.41. The predicted molar refractivity (Wildman–Crippen MR) is 94.2 cm³/mol. The van der Waals surface area contributed by atoms with Crippen molar-refractivity contribution >= 4 is 23.4 Å². The standard InChI is InChI=1S/C8H15NO3.C6H11NO2.C2H5ClO/c1-11-6-12-5-7-3-2-4-8(10)9-7;8-4-5-2-1-3-6(9)7-5;1-4-2-3/h7H,2-6H2,1H3,(H,9,10);5,8H,1-4H2,(H,7,9);2H2,1H3. The van der Waals surface area contributed by atoms with E-state index in [9.17, 15) is 9.59 Å². The summed E-state index contributed by atoms with van der Waals surface area (Å²) in [5, 5.41) is 14.1. The van der Waals surface area contributed by atoms with Gasteiger partial charge in [-0.25, -0.2) is 0 Å². The number of aliphatic hydroxyl groups excluding tert-OH is 1. The molecule has 2 fully saturated rings. The molecule has 8 nitrogen and oxygen atoms in total. The van der Waals surface area contributed by atoms with E-state index in [-0.39, 0.29) is 30.5 Å². The molecule has 2 saturated heterocycles. The number of methoxy groups -OCH3 is 2. The molecule has 2 aliphatic rings. The number of carbonyl (C=O) groups excluding carboxylic acids is 2. The Morgan fingerprint density at radius 2 is 1.56 bits per heavy atom. The summed E-state index contributed by atoms with van der Waals surface area (Å²) in [6.45, 7) is 0.928. The molecular formula is C16H31ClN2O6. The van der Waals surface area contributed by atoms with Gasteiger partial charge in [0.25, 0.3) is 0 Å². The van der Waals surface area contributed by atoms with E-state index in [1.165, 1.54) is 0 Å². The number of piperidine rings is 2. The Labute approximate surface area is 154 Å². The predicted octanol–water partition coefficient (Wildman–Crippen LogP) is 0.752. The highest BCUT2D eigenvalue weighted by atomic mass is 35.5. The van der Waals surface area contributed by atoms with Crippen LogP contribution in [0.3, 0.4) is 0 Å². The van der Waals surface area contributed by atoms with Gasteiger partial charge in [-0.05, 0) is 25.7 Å². The van der Waals surface area contributed by atoms with E-state index in [1.807, 2.05) is 0 Å². The molecule has 0 spiro atoms. The number of carbonyl (C=O) groups is 2. The zero-order valence-corrected chi connectivity index (χ0v) is 15.8. The topological polar surface area (TPSA) is 106 Å². The number of halogens is 1. The average Bonchev–Trinajstić information content (AvgIpc) is 2.63. The van der Waals surface area contributed by atoms with Gasteiger partial charge in [0.05, 0.1) is 25.3 Å². The minimum Gasteiger partial charge on any atom is -0.394 e.